The number of nitrogen functional groups attached to an aromatic ring is 1. The first kappa shape index (κ1) is 8.61. The predicted molar refractivity (Wildman–Crippen MR) is 48.6 cm³/mol. The fraction of sp³-hybridized carbons (Fsp3) is 0.125. The molecule has 2 aromatic rings. The molecular formula is C8H8FN5. The van der Waals surface area contributed by atoms with E-state index in [-0.39, 0.29) is 0 Å². The minimum atomic E-state index is -0.428. The van der Waals surface area contributed by atoms with Crippen LogP contribution in [0.25, 0.3) is 11.4 Å². The van der Waals surface area contributed by atoms with Gasteiger partial charge in [0.2, 0.25) is 0 Å². The van der Waals surface area contributed by atoms with Gasteiger partial charge in [-0.2, -0.15) is 0 Å². The SMILES string of the molecule is Cn1nnnc1-c1ccc(N)cc1F. The first-order chi connectivity index (χ1) is 6.68. The van der Waals surface area contributed by atoms with Crippen molar-refractivity contribution in [3.63, 3.8) is 0 Å². The minimum absolute atomic E-state index is 0.340. The first-order valence-corrected chi connectivity index (χ1v) is 3.96. The van der Waals surface area contributed by atoms with Gasteiger partial charge >= 0.3 is 0 Å². The van der Waals surface area contributed by atoms with E-state index in [2.05, 4.69) is 15.5 Å². The van der Waals surface area contributed by atoms with Gasteiger partial charge in [0.1, 0.15) is 5.82 Å². The molecule has 0 aliphatic rings. The highest BCUT2D eigenvalue weighted by Gasteiger charge is 2.10. The second kappa shape index (κ2) is 3.06. The van der Waals surface area contributed by atoms with Crippen molar-refractivity contribution in [3.8, 4) is 11.4 Å². The van der Waals surface area contributed by atoms with E-state index < -0.39 is 5.82 Å². The van der Waals surface area contributed by atoms with Crippen LogP contribution in [0.15, 0.2) is 18.2 Å². The summed E-state index contributed by atoms with van der Waals surface area (Å²) in [4.78, 5) is 0. The summed E-state index contributed by atoms with van der Waals surface area (Å²) in [5, 5.41) is 10.7. The van der Waals surface area contributed by atoms with Crippen molar-refractivity contribution in [3.05, 3.63) is 24.0 Å². The lowest BCUT2D eigenvalue weighted by atomic mass is 10.2. The third kappa shape index (κ3) is 1.30. The summed E-state index contributed by atoms with van der Waals surface area (Å²) in [6.45, 7) is 0. The van der Waals surface area contributed by atoms with Crippen LogP contribution in [0.4, 0.5) is 10.1 Å². The number of benzene rings is 1. The van der Waals surface area contributed by atoms with E-state index in [0.717, 1.165) is 0 Å². The average Bonchev–Trinajstić information content (AvgIpc) is 2.52. The zero-order valence-corrected chi connectivity index (χ0v) is 7.48. The Balaban J connectivity index is 2.58. The third-order valence-electron chi connectivity index (χ3n) is 1.85. The van der Waals surface area contributed by atoms with Crippen LogP contribution in [-0.2, 0) is 7.05 Å². The van der Waals surface area contributed by atoms with Crippen LogP contribution in [0.3, 0.4) is 0 Å². The lowest BCUT2D eigenvalue weighted by molar-refractivity contribution is 0.627. The van der Waals surface area contributed by atoms with Gasteiger partial charge in [0.05, 0.1) is 5.56 Å². The van der Waals surface area contributed by atoms with Crippen LogP contribution >= 0.6 is 0 Å². The van der Waals surface area contributed by atoms with Crippen LogP contribution in [0.5, 0.6) is 0 Å². The Morgan fingerprint density at radius 3 is 2.79 bits per heavy atom. The summed E-state index contributed by atoms with van der Waals surface area (Å²) < 4.78 is 14.8. The van der Waals surface area contributed by atoms with Gasteiger partial charge in [-0.1, -0.05) is 0 Å². The van der Waals surface area contributed by atoms with Crippen molar-refractivity contribution in [2.24, 2.45) is 7.05 Å². The van der Waals surface area contributed by atoms with E-state index in [9.17, 15) is 4.39 Å². The van der Waals surface area contributed by atoms with E-state index in [1.807, 2.05) is 0 Å². The number of halogens is 1. The topological polar surface area (TPSA) is 69.6 Å². The molecule has 14 heavy (non-hydrogen) atoms. The summed E-state index contributed by atoms with van der Waals surface area (Å²) in [5.74, 6) is -0.0506. The van der Waals surface area contributed by atoms with E-state index in [1.165, 1.54) is 10.7 Å². The molecule has 0 radical (unpaired) electrons. The summed E-state index contributed by atoms with van der Waals surface area (Å²) in [5.41, 5.74) is 6.14. The van der Waals surface area contributed by atoms with Gasteiger partial charge < -0.3 is 5.73 Å². The third-order valence-corrected chi connectivity index (χ3v) is 1.85. The van der Waals surface area contributed by atoms with Crippen molar-refractivity contribution < 1.29 is 4.39 Å². The molecule has 1 aromatic carbocycles. The number of tetrazole rings is 1. The van der Waals surface area contributed by atoms with Gasteiger partial charge in [0, 0.05) is 12.7 Å². The molecule has 0 aliphatic carbocycles. The summed E-state index contributed by atoms with van der Waals surface area (Å²) in [7, 11) is 1.64. The Kier molecular flexibility index (Phi) is 1.88. The number of rotatable bonds is 1. The molecule has 1 aromatic heterocycles. The molecule has 6 heteroatoms. The Labute approximate surface area is 79.3 Å². The quantitative estimate of drug-likeness (QED) is 0.673. The number of aromatic nitrogens is 4. The smallest absolute Gasteiger partial charge is 0.184 e. The van der Waals surface area contributed by atoms with Crippen molar-refractivity contribution in [1.29, 1.82) is 0 Å². The number of nitrogens with zero attached hydrogens (tertiary/aromatic N) is 4. The Morgan fingerprint density at radius 1 is 1.43 bits per heavy atom. The van der Waals surface area contributed by atoms with Gasteiger partial charge in [-0.15, -0.1) is 5.10 Å². The maximum Gasteiger partial charge on any atom is 0.184 e. The van der Waals surface area contributed by atoms with Gasteiger partial charge in [0.25, 0.3) is 0 Å². The number of aryl methyl sites for hydroxylation is 1. The van der Waals surface area contributed by atoms with Crippen molar-refractivity contribution in [1.82, 2.24) is 20.2 Å². The molecule has 0 saturated heterocycles. The van der Waals surface area contributed by atoms with E-state index >= 15 is 0 Å². The van der Waals surface area contributed by atoms with Crippen LogP contribution in [0, 0.1) is 5.82 Å². The Hall–Kier alpha value is -1.98. The normalized spacial score (nSPS) is 10.4. The van der Waals surface area contributed by atoms with Crippen LogP contribution in [0.1, 0.15) is 0 Å². The van der Waals surface area contributed by atoms with Gasteiger partial charge in [-0.25, -0.2) is 9.07 Å². The number of nitrogens with two attached hydrogens (primary N) is 1. The number of anilines is 1. The molecule has 0 saturated carbocycles. The van der Waals surface area contributed by atoms with Gasteiger partial charge in [0.15, 0.2) is 5.82 Å². The molecule has 2 rings (SSSR count). The molecule has 0 amide bonds. The second-order valence-electron chi connectivity index (χ2n) is 2.87. The second-order valence-corrected chi connectivity index (χ2v) is 2.87. The van der Waals surface area contributed by atoms with Crippen molar-refractivity contribution in [2.45, 2.75) is 0 Å². The molecule has 72 valence electrons. The zero-order valence-electron chi connectivity index (χ0n) is 7.48. The maximum atomic E-state index is 13.4. The monoisotopic (exact) mass is 193 g/mol. The fourth-order valence-corrected chi connectivity index (χ4v) is 1.17. The predicted octanol–water partition coefficient (Wildman–Crippen LogP) is 0.598. The number of hydrogen-bond donors (Lipinski definition) is 1. The van der Waals surface area contributed by atoms with Crippen LogP contribution < -0.4 is 5.73 Å². The lowest BCUT2D eigenvalue weighted by Gasteiger charge is -2.01. The van der Waals surface area contributed by atoms with E-state index in [4.69, 9.17) is 5.73 Å². The molecule has 0 fully saturated rings. The molecule has 2 N–H and O–H groups in total. The van der Waals surface area contributed by atoms with Crippen molar-refractivity contribution >= 4 is 5.69 Å². The molecule has 0 spiro atoms. The maximum absolute atomic E-state index is 13.4. The standard InChI is InChI=1S/C8H8FN5/c1-14-8(11-12-13-14)6-3-2-5(10)4-7(6)9/h2-4H,10H2,1H3. The Bertz CT molecular complexity index is 465. The molecule has 1 heterocycles. The van der Waals surface area contributed by atoms with Crippen LogP contribution in [0.2, 0.25) is 0 Å². The minimum Gasteiger partial charge on any atom is -0.399 e. The molecule has 0 aliphatic heterocycles. The molecule has 5 nitrogen and oxygen atoms in total. The van der Waals surface area contributed by atoms with Crippen LogP contribution in [-0.4, -0.2) is 20.2 Å². The zero-order chi connectivity index (χ0) is 10.1. The highest BCUT2D eigenvalue weighted by molar-refractivity contribution is 5.59. The molecule has 0 atom stereocenters. The molecular weight excluding hydrogens is 185 g/mol. The average molecular weight is 193 g/mol. The first-order valence-electron chi connectivity index (χ1n) is 3.96. The molecule has 0 unspecified atom stereocenters. The van der Waals surface area contributed by atoms with Crippen molar-refractivity contribution in [2.75, 3.05) is 5.73 Å². The highest BCUT2D eigenvalue weighted by Crippen LogP contribution is 2.20. The summed E-state index contributed by atoms with van der Waals surface area (Å²) in [6.07, 6.45) is 0. The summed E-state index contributed by atoms with van der Waals surface area (Å²) >= 11 is 0. The molecule has 0 bridgehead atoms. The van der Waals surface area contributed by atoms with Gasteiger partial charge in [-0.05, 0) is 28.6 Å². The van der Waals surface area contributed by atoms with E-state index in [0.29, 0.717) is 17.1 Å². The lowest BCUT2D eigenvalue weighted by Crippen LogP contribution is -1.97. The number of hydrogen-bond acceptors (Lipinski definition) is 4. The fourth-order valence-electron chi connectivity index (χ4n) is 1.17. The largest absolute Gasteiger partial charge is 0.399 e. The van der Waals surface area contributed by atoms with E-state index in [1.54, 1.807) is 19.2 Å². The van der Waals surface area contributed by atoms with Gasteiger partial charge in [-0.3, -0.25) is 0 Å². The summed E-state index contributed by atoms with van der Waals surface area (Å²) in [6, 6.07) is 4.40. The highest BCUT2D eigenvalue weighted by atomic mass is 19.1. The Morgan fingerprint density at radius 2 is 2.21 bits per heavy atom.